The van der Waals surface area contributed by atoms with Crippen LogP contribution in [0, 0.1) is 6.92 Å². The molecule has 0 bridgehead atoms. The highest BCUT2D eigenvalue weighted by Gasteiger charge is 2.16. The van der Waals surface area contributed by atoms with Gasteiger partial charge in [0.25, 0.3) is 0 Å². The van der Waals surface area contributed by atoms with Crippen LogP contribution < -0.4 is 25.8 Å². The van der Waals surface area contributed by atoms with E-state index in [1.54, 1.807) is 14.2 Å². The second kappa shape index (κ2) is 8.23. The topological polar surface area (TPSA) is 103 Å². The van der Waals surface area contributed by atoms with Gasteiger partial charge < -0.3 is 25.8 Å². The maximum Gasteiger partial charge on any atom is 0.239 e. The number of hydrogen-bond donors (Lipinski definition) is 3. The molecule has 0 radical (unpaired) electrons. The summed E-state index contributed by atoms with van der Waals surface area (Å²) in [6.45, 7) is 3.54. The van der Waals surface area contributed by atoms with Gasteiger partial charge >= 0.3 is 0 Å². The zero-order valence-electron chi connectivity index (χ0n) is 13.4. The van der Waals surface area contributed by atoms with Gasteiger partial charge in [-0.1, -0.05) is 0 Å². The monoisotopic (exact) mass is 309 g/mol. The lowest BCUT2D eigenvalue weighted by Gasteiger charge is -2.19. The van der Waals surface area contributed by atoms with E-state index in [9.17, 15) is 9.59 Å². The summed E-state index contributed by atoms with van der Waals surface area (Å²) in [7, 11) is 3.13. The molecular formula is C15H23N3O4. The van der Waals surface area contributed by atoms with Crippen LogP contribution in [0.25, 0.3) is 0 Å². The van der Waals surface area contributed by atoms with Crippen LogP contribution in [0.4, 0.5) is 0 Å². The molecule has 0 aliphatic carbocycles. The molecule has 0 aromatic heterocycles. The van der Waals surface area contributed by atoms with Crippen LogP contribution in [-0.4, -0.2) is 39.1 Å². The molecule has 7 heteroatoms. The Morgan fingerprint density at radius 1 is 1.18 bits per heavy atom. The van der Waals surface area contributed by atoms with Crippen LogP contribution in [-0.2, 0) is 9.59 Å². The third kappa shape index (κ3) is 4.63. The molecule has 0 heterocycles. The van der Waals surface area contributed by atoms with Gasteiger partial charge in [-0.3, -0.25) is 9.59 Å². The van der Waals surface area contributed by atoms with Crippen molar-refractivity contribution in [1.29, 1.82) is 0 Å². The fourth-order valence-corrected chi connectivity index (χ4v) is 2.08. The van der Waals surface area contributed by atoms with Crippen molar-refractivity contribution in [2.45, 2.75) is 19.9 Å². The summed E-state index contributed by atoms with van der Waals surface area (Å²) in [5.74, 6) is 0.576. The molecule has 22 heavy (non-hydrogen) atoms. The molecule has 7 nitrogen and oxygen atoms in total. The third-order valence-corrected chi connectivity index (χ3v) is 3.25. The number of aryl methyl sites for hydroxylation is 1. The van der Waals surface area contributed by atoms with Crippen LogP contribution >= 0.6 is 0 Å². The molecule has 0 fully saturated rings. The van der Waals surface area contributed by atoms with Crippen molar-refractivity contribution in [1.82, 2.24) is 10.6 Å². The van der Waals surface area contributed by atoms with Crippen LogP contribution in [0.1, 0.15) is 24.1 Å². The Labute approximate surface area is 130 Å². The number of nitrogens with one attached hydrogen (secondary N) is 2. The molecule has 1 aromatic rings. The van der Waals surface area contributed by atoms with Gasteiger partial charge in [-0.05, 0) is 37.1 Å². The second-order valence-electron chi connectivity index (χ2n) is 4.83. The molecule has 1 atom stereocenters. The van der Waals surface area contributed by atoms with Gasteiger partial charge in [-0.15, -0.1) is 0 Å². The minimum absolute atomic E-state index is 0.104. The highest BCUT2D eigenvalue weighted by Crippen LogP contribution is 2.32. The number of rotatable bonds is 7. The average molecular weight is 309 g/mol. The minimum Gasteiger partial charge on any atom is -0.493 e. The SMILES string of the molecule is COc1cc(C)c(C(C)NC(=O)CNC(=O)CN)cc1OC. The summed E-state index contributed by atoms with van der Waals surface area (Å²) in [6, 6.07) is 3.45. The van der Waals surface area contributed by atoms with Crippen LogP contribution in [0.15, 0.2) is 12.1 Å². The first-order chi connectivity index (χ1) is 10.4. The van der Waals surface area contributed by atoms with Crippen LogP contribution in [0.2, 0.25) is 0 Å². The molecule has 1 rings (SSSR count). The van der Waals surface area contributed by atoms with Gasteiger partial charge in [-0.25, -0.2) is 0 Å². The predicted molar refractivity (Wildman–Crippen MR) is 82.9 cm³/mol. The Morgan fingerprint density at radius 3 is 2.32 bits per heavy atom. The average Bonchev–Trinajstić information content (AvgIpc) is 2.51. The van der Waals surface area contributed by atoms with Crippen molar-refractivity contribution in [2.75, 3.05) is 27.3 Å². The summed E-state index contributed by atoms with van der Waals surface area (Å²) in [4.78, 5) is 22.8. The smallest absolute Gasteiger partial charge is 0.239 e. The van der Waals surface area contributed by atoms with E-state index in [1.807, 2.05) is 26.0 Å². The zero-order chi connectivity index (χ0) is 16.7. The minimum atomic E-state index is -0.370. The van der Waals surface area contributed by atoms with Crippen LogP contribution in [0.5, 0.6) is 11.5 Å². The maximum atomic E-state index is 11.8. The van der Waals surface area contributed by atoms with E-state index >= 15 is 0 Å². The Morgan fingerprint density at radius 2 is 1.77 bits per heavy atom. The predicted octanol–water partition coefficient (Wildman–Crippen LogP) is 0.264. The van der Waals surface area contributed by atoms with Gasteiger partial charge in [-0.2, -0.15) is 0 Å². The Bertz CT molecular complexity index is 546. The van der Waals surface area contributed by atoms with Gasteiger partial charge in [0.1, 0.15) is 0 Å². The summed E-state index contributed by atoms with van der Waals surface area (Å²) in [5, 5.41) is 5.24. The van der Waals surface area contributed by atoms with Gasteiger partial charge in [0.2, 0.25) is 11.8 Å². The molecule has 0 aliphatic rings. The molecule has 2 amide bonds. The first kappa shape index (κ1) is 17.8. The van der Waals surface area contributed by atoms with E-state index in [0.717, 1.165) is 11.1 Å². The van der Waals surface area contributed by atoms with Crippen molar-refractivity contribution in [3.05, 3.63) is 23.3 Å². The number of benzene rings is 1. The van der Waals surface area contributed by atoms with Crippen molar-refractivity contribution >= 4 is 11.8 Å². The molecule has 0 saturated carbocycles. The highest BCUT2D eigenvalue weighted by atomic mass is 16.5. The number of carbonyl (C=O) groups excluding carboxylic acids is 2. The van der Waals surface area contributed by atoms with Crippen molar-refractivity contribution < 1.29 is 19.1 Å². The number of hydrogen-bond acceptors (Lipinski definition) is 5. The van der Waals surface area contributed by atoms with E-state index in [0.29, 0.717) is 11.5 Å². The molecule has 122 valence electrons. The number of methoxy groups -OCH3 is 2. The summed E-state index contributed by atoms with van der Waals surface area (Å²) >= 11 is 0. The normalized spacial score (nSPS) is 11.5. The first-order valence-corrected chi connectivity index (χ1v) is 6.91. The Kier molecular flexibility index (Phi) is 6.65. The van der Waals surface area contributed by atoms with Crippen molar-refractivity contribution in [3.8, 4) is 11.5 Å². The number of amides is 2. The van der Waals surface area contributed by atoms with Gasteiger partial charge in [0.05, 0.1) is 33.4 Å². The van der Waals surface area contributed by atoms with E-state index in [2.05, 4.69) is 10.6 Å². The highest BCUT2D eigenvalue weighted by molar-refractivity contribution is 5.85. The molecule has 1 aromatic carbocycles. The molecule has 0 spiro atoms. The largest absolute Gasteiger partial charge is 0.493 e. The lowest BCUT2D eigenvalue weighted by molar-refractivity contribution is -0.125. The number of carbonyl (C=O) groups is 2. The quantitative estimate of drug-likeness (QED) is 0.670. The second-order valence-corrected chi connectivity index (χ2v) is 4.83. The van der Waals surface area contributed by atoms with E-state index in [-0.39, 0.29) is 30.9 Å². The summed E-state index contributed by atoms with van der Waals surface area (Å²) in [5.41, 5.74) is 7.04. The summed E-state index contributed by atoms with van der Waals surface area (Å²) < 4.78 is 10.5. The lowest BCUT2D eigenvalue weighted by Crippen LogP contribution is -2.40. The Balaban J connectivity index is 2.78. The molecule has 4 N–H and O–H groups in total. The van der Waals surface area contributed by atoms with Crippen molar-refractivity contribution in [2.24, 2.45) is 5.73 Å². The Hall–Kier alpha value is -2.28. The van der Waals surface area contributed by atoms with Gasteiger partial charge in [0.15, 0.2) is 11.5 Å². The zero-order valence-corrected chi connectivity index (χ0v) is 13.4. The number of nitrogens with two attached hydrogens (primary N) is 1. The standard InChI is InChI=1S/C15H23N3O4/c1-9-5-12(21-3)13(22-4)6-11(9)10(2)18-15(20)8-17-14(19)7-16/h5-6,10H,7-8,16H2,1-4H3,(H,17,19)(H,18,20). The molecule has 0 aliphatic heterocycles. The maximum absolute atomic E-state index is 11.8. The summed E-state index contributed by atoms with van der Waals surface area (Å²) in [6.07, 6.45) is 0. The van der Waals surface area contributed by atoms with Crippen molar-refractivity contribution in [3.63, 3.8) is 0 Å². The lowest BCUT2D eigenvalue weighted by atomic mass is 10.0. The molecule has 0 saturated heterocycles. The van der Waals surface area contributed by atoms with E-state index in [1.165, 1.54) is 0 Å². The fourth-order valence-electron chi connectivity index (χ4n) is 2.08. The third-order valence-electron chi connectivity index (χ3n) is 3.25. The fraction of sp³-hybridized carbons (Fsp3) is 0.467. The molecule has 1 unspecified atom stereocenters. The molecular weight excluding hydrogens is 286 g/mol. The van der Waals surface area contributed by atoms with E-state index < -0.39 is 0 Å². The first-order valence-electron chi connectivity index (χ1n) is 6.91. The number of ether oxygens (including phenoxy) is 2. The van der Waals surface area contributed by atoms with Gasteiger partial charge in [0, 0.05) is 0 Å². The van der Waals surface area contributed by atoms with E-state index in [4.69, 9.17) is 15.2 Å². The van der Waals surface area contributed by atoms with Crippen LogP contribution in [0.3, 0.4) is 0 Å².